The fraction of sp³-hybridized carbons (Fsp3) is 0.897. The fourth-order valence-corrected chi connectivity index (χ4v) is 8.60. The average molecular weight is 819 g/mol. The smallest absolute Gasteiger partial charge is 0.332 e. The summed E-state index contributed by atoms with van der Waals surface area (Å²) in [6.45, 7) is 4.48. The van der Waals surface area contributed by atoms with Crippen LogP contribution in [0.3, 0.4) is 0 Å². The molecule has 2 saturated carbocycles. The number of hydrogen-bond donors (Lipinski definition) is 8. The number of hydrogen-bond acceptors (Lipinski definition) is 15. The SMILES string of the molecule is CC[C@@H]1CC(C(=O)CCCNC(=O)CCOC)C[C@@H](O[C@@H]2OC(CO)[C@H](O)C(O[C@@H](CC3CCCCC3)C(=O)O)C2NC(C)=O)C1OC1O[C@@H](C)[C@H](O)C(O)[C@@H]1O. The molecule has 2 heterocycles. The number of amides is 2. The second-order valence-electron chi connectivity index (χ2n) is 16.1. The number of ether oxygens (including phenoxy) is 6. The molecule has 0 aromatic carbocycles. The summed E-state index contributed by atoms with van der Waals surface area (Å²) in [5.74, 6) is -2.95. The van der Waals surface area contributed by atoms with Crippen LogP contribution in [0.1, 0.15) is 97.8 Å². The van der Waals surface area contributed by atoms with Crippen LogP contribution in [0.15, 0.2) is 0 Å². The number of carboxylic acid groups (broad SMARTS) is 1. The molecule has 2 saturated heterocycles. The minimum Gasteiger partial charge on any atom is -0.479 e. The van der Waals surface area contributed by atoms with E-state index in [2.05, 4.69) is 10.6 Å². The zero-order chi connectivity index (χ0) is 41.8. The largest absolute Gasteiger partial charge is 0.479 e. The van der Waals surface area contributed by atoms with Gasteiger partial charge in [-0.25, -0.2) is 4.79 Å². The lowest BCUT2D eigenvalue weighted by molar-refractivity contribution is -0.338. The molecule has 7 unspecified atom stereocenters. The van der Waals surface area contributed by atoms with Crippen LogP contribution in [-0.2, 0) is 47.6 Å². The van der Waals surface area contributed by atoms with Gasteiger partial charge in [0.1, 0.15) is 48.4 Å². The van der Waals surface area contributed by atoms with Crippen LogP contribution in [0.5, 0.6) is 0 Å². The maximum Gasteiger partial charge on any atom is 0.332 e. The highest BCUT2D eigenvalue weighted by Gasteiger charge is 2.52. The molecule has 4 fully saturated rings. The van der Waals surface area contributed by atoms with E-state index in [0.29, 0.717) is 19.3 Å². The Morgan fingerprint density at radius 3 is 2.23 bits per heavy atom. The predicted molar refractivity (Wildman–Crippen MR) is 199 cm³/mol. The van der Waals surface area contributed by atoms with Crippen molar-refractivity contribution in [2.24, 2.45) is 17.8 Å². The van der Waals surface area contributed by atoms with Crippen molar-refractivity contribution >= 4 is 23.6 Å². The van der Waals surface area contributed by atoms with Crippen LogP contribution < -0.4 is 10.6 Å². The summed E-state index contributed by atoms with van der Waals surface area (Å²) in [6, 6.07) is -1.29. The third-order valence-corrected chi connectivity index (χ3v) is 11.9. The Kier molecular flexibility index (Phi) is 19.0. The molecule has 2 amide bonds. The summed E-state index contributed by atoms with van der Waals surface area (Å²) in [7, 11) is 1.50. The van der Waals surface area contributed by atoms with Gasteiger partial charge in [-0.15, -0.1) is 0 Å². The highest BCUT2D eigenvalue weighted by Crippen LogP contribution is 2.40. The number of carboxylic acids is 1. The van der Waals surface area contributed by atoms with Crippen LogP contribution in [0, 0.1) is 17.8 Å². The second kappa shape index (κ2) is 22.9. The van der Waals surface area contributed by atoms with E-state index in [-0.39, 0.29) is 62.4 Å². The summed E-state index contributed by atoms with van der Waals surface area (Å²) in [5.41, 5.74) is 0. The topological polar surface area (TPSA) is 269 Å². The summed E-state index contributed by atoms with van der Waals surface area (Å²) >= 11 is 0. The van der Waals surface area contributed by atoms with Crippen molar-refractivity contribution in [2.45, 2.75) is 177 Å². The normalized spacial score (nSPS) is 36.9. The van der Waals surface area contributed by atoms with Crippen molar-refractivity contribution < 1.29 is 78.2 Å². The van der Waals surface area contributed by atoms with Gasteiger partial charge in [0.15, 0.2) is 18.7 Å². The van der Waals surface area contributed by atoms with Crippen LogP contribution in [-0.4, -0.2) is 161 Å². The molecule has 18 nitrogen and oxygen atoms in total. The molecule has 2 aliphatic heterocycles. The third kappa shape index (κ3) is 13.1. The predicted octanol–water partition coefficient (Wildman–Crippen LogP) is -0.0859. The molecule has 4 rings (SSSR count). The Balaban J connectivity index is 1.62. The van der Waals surface area contributed by atoms with E-state index < -0.39 is 104 Å². The van der Waals surface area contributed by atoms with Crippen molar-refractivity contribution in [3.63, 3.8) is 0 Å². The summed E-state index contributed by atoms with van der Waals surface area (Å²) in [5, 5.41) is 69.3. The van der Waals surface area contributed by atoms with Gasteiger partial charge in [-0.1, -0.05) is 45.4 Å². The van der Waals surface area contributed by atoms with Crippen LogP contribution in [0.4, 0.5) is 0 Å². The molecular weight excluding hydrogens is 752 g/mol. The minimum absolute atomic E-state index is 0.0632. The number of Topliss-reactive ketones (excluding diaryl/α,β-unsaturated/α-hetero) is 1. The summed E-state index contributed by atoms with van der Waals surface area (Å²) < 4.78 is 36.0. The fourth-order valence-electron chi connectivity index (χ4n) is 8.60. The van der Waals surface area contributed by atoms with Gasteiger partial charge in [0.05, 0.1) is 31.5 Å². The van der Waals surface area contributed by atoms with E-state index in [0.717, 1.165) is 32.1 Å². The lowest BCUT2D eigenvalue weighted by Crippen LogP contribution is -2.67. The minimum atomic E-state index is -1.64. The maximum absolute atomic E-state index is 13.8. The van der Waals surface area contributed by atoms with Crippen molar-refractivity contribution in [2.75, 3.05) is 26.9 Å². The zero-order valence-corrected chi connectivity index (χ0v) is 33.6. The van der Waals surface area contributed by atoms with Gasteiger partial charge in [0.25, 0.3) is 0 Å². The molecule has 57 heavy (non-hydrogen) atoms. The van der Waals surface area contributed by atoms with Gasteiger partial charge in [-0.05, 0) is 44.4 Å². The number of methoxy groups -OCH3 is 1. The van der Waals surface area contributed by atoms with Gasteiger partial charge < -0.3 is 69.7 Å². The quantitative estimate of drug-likeness (QED) is 0.0747. The first-order chi connectivity index (χ1) is 27.2. The number of aliphatic hydroxyl groups excluding tert-OH is 5. The van der Waals surface area contributed by atoms with Crippen molar-refractivity contribution in [3.8, 4) is 0 Å². The highest BCUT2D eigenvalue weighted by molar-refractivity contribution is 5.81. The summed E-state index contributed by atoms with van der Waals surface area (Å²) in [6.07, 6.45) is -9.51. The molecule has 8 N–H and O–H groups in total. The van der Waals surface area contributed by atoms with Gasteiger partial charge in [0, 0.05) is 39.3 Å². The lowest BCUT2D eigenvalue weighted by atomic mass is 9.74. The Morgan fingerprint density at radius 2 is 1.60 bits per heavy atom. The van der Waals surface area contributed by atoms with Gasteiger partial charge in [-0.3, -0.25) is 14.4 Å². The number of aliphatic carboxylic acids is 1. The van der Waals surface area contributed by atoms with Gasteiger partial charge >= 0.3 is 5.97 Å². The lowest BCUT2D eigenvalue weighted by Gasteiger charge is -2.49. The first kappa shape index (κ1) is 47.3. The molecule has 2 aliphatic carbocycles. The zero-order valence-electron chi connectivity index (χ0n) is 33.6. The molecule has 0 aromatic rings. The number of carbonyl (C=O) groups excluding carboxylic acids is 3. The molecule has 0 bridgehead atoms. The number of carbonyl (C=O) groups is 4. The second-order valence-corrected chi connectivity index (χ2v) is 16.1. The number of nitrogens with one attached hydrogen (secondary N) is 2. The van der Waals surface area contributed by atoms with Gasteiger partial charge in [0.2, 0.25) is 11.8 Å². The van der Waals surface area contributed by atoms with Crippen LogP contribution in [0.25, 0.3) is 0 Å². The number of ketones is 1. The molecule has 15 atom stereocenters. The molecule has 18 heteroatoms. The number of aliphatic hydroxyl groups is 5. The van der Waals surface area contributed by atoms with E-state index in [1.165, 1.54) is 21.0 Å². The number of rotatable bonds is 20. The summed E-state index contributed by atoms with van der Waals surface area (Å²) in [4.78, 5) is 51.0. The Hall–Kier alpha value is -2.36. The van der Waals surface area contributed by atoms with E-state index in [1.807, 2.05) is 6.92 Å². The monoisotopic (exact) mass is 818 g/mol. The van der Waals surface area contributed by atoms with Crippen molar-refractivity contribution in [1.82, 2.24) is 10.6 Å². The maximum atomic E-state index is 13.8. The molecule has 0 radical (unpaired) electrons. The Bertz CT molecular complexity index is 1290. The van der Waals surface area contributed by atoms with Gasteiger partial charge in [-0.2, -0.15) is 0 Å². The van der Waals surface area contributed by atoms with Crippen molar-refractivity contribution in [3.05, 3.63) is 0 Å². The molecule has 328 valence electrons. The standard InChI is InChI=1S/C39H66N2O16/c1-5-23-17-24(25(44)12-9-14-40-29(45)13-15-52-4)18-26(35(23)57-39-34(49)33(48)31(46)20(2)53-39)55-38-30(41-21(3)43)36(32(47)28(19-42)56-38)54-27(37(50)51)16-22-10-7-6-8-11-22/h20,22-24,26-28,30-36,38-39,42,46-49H,5-19H2,1-4H3,(H,40,45)(H,41,43)(H,50,51)/t20-,23+,24?,26+,27-,28?,30?,31-,32-,33?,34-,35?,36?,38+,39?/m0/s1. The molecule has 4 aliphatic rings. The van der Waals surface area contributed by atoms with E-state index in [9.17, 15) is 49.8 Å². The highest BCUT2D eigenvalue weighted by atomic mass is 16.7. The average Bonchev–Trinajstić information content (AvgIpc) is 3.19. The first-order valence-corrected chi connectivity index (χ1v) is 20.6. The van der Waals surface area contributed by atoms with E-state index in [4.69, 9.17) is 28.4 Å². The molecule has 0 aromatic heterocycles. The van der Waals surface area contributed by atoms with Crippen molar-refractivity contribution in [1.29, 1.82) is 0 Å². The Labute approximate surface area is 334 Å². The molecule has 0 spiro atoms. The first-order valence-electron chi connectivity index (χ1n) is 20.6. The van der Waals surface area contributed by atoms with E-state index in [1.54, 1.807) is 0 Å². The van der Waals surface area contributed by atoms with E-state index >= 15 is 0 Å². The van der Waals surface area contributed by atoms with Crippen LogP contribution in [0.2, 0.25) is 0 Å². The Morgan fingerprint density at radius 1 is 0.877 bits per heavy atom. The van der Waals surface area contributed by atoms with Crippen LogP contribution >= 0.6 is 0 Å². The third-order valence-electron chi connectivity index (χ3n) is 11.9. The molecular formula is C39H66N2O16.